The van der Waals surface area contributed by atoms with Gasteiger partial charge in [-0.2, -0.15) is 5.10 Å². The van der Waals surface area contributed by atoms with Crippen LogP contribution < -0.4 is 5.69 Å². The van der Waals surface area contributed by atoms with E-state index >= 15 is 0 Å². The van der Waals surface area contributed by atoms with Crippen molar-refractivity contribution in [2.24, 2.45) is 0 Å². The first-order valence-corrected chi connectivity index (χ1v) is 8.14. The van der Waals surface area contributed by atoms with E-state index in [9.17, 15) is 4.79 Å². The molecule has 4 aromatic heterocycles. The van der Waals surface area contributed by atoms with Gasteiger partial charge in [0.15, 0.2) is 11.5 Å². The van der Waals surface area contributed by atoms with E-state index in [1.165, 1.54) is 0 Å². The van der Waals surface area contributed by atoms with Crippen LogP contribution in [0, 0.1) is 0 Å². The molecule has 126 valence electrons. The number of fused-ring (bicyclic) bond motifs is 2. The van der Waals surface area contributed by atoms with E-state index in [-0.39, 0.29) is 11.7 Å². The summed E-state index contributed by atoms with van der Waals surface area (Å²) < 4.78 is 8.85. The Morgan fingerprint density at radius 1 is 1.20 bits per heavy atom. The number of aromatic amines is 1. The Bertz CT molecular complexity index is 1120. The molecule has 1 aliphatic rings. The molecule has 1 N–H and O–H groups in total. The Kier molecular flexibility index (Phi) is 3.14. The standard InChI is InChI=1S/C16H15N7O2/c24-16-20-12-8-18-14(11-7-19-22-4-3-17-9-13(11)22)21-15(12)23(16)10-1-5-25-6-2-10/h3-4,7-10H,1-2,5-6H2,(H,20,24). The number of hydrogen-bond donors (Lipinski definition) is 1. The molecule has 0 aliphatic carbocycles. The summed E-state index contributed by atoms with van der Waals surface area (Å²) in [6.45, 7) is 1.31. The van der Waals surface area contributed by atoms with Gasteiger partial charge in [0.25, 0.3) is 0 Å². The molecule has 5 heterocycles. The van der Waals surface area contributed by atoms with E-state index in [0.29, 0.717) is 30.2 Å². The second kappa shape index (κ2) is 5.49. The highest BCUT2D eigenvalue weighted by atomic mass is 16.5. The fourth-order valence-corrected chi connectivity index (χ4v) is 3.33. The van der Waals surface area contributed by atoms with Gasteiger partial charge >= 0.3 is 5.69 Å². The van der Waals surface area contributed by atoms with Gasteiger partial charge in [-0.05, 0) is 12.8 Å². The number of imidazole rings is 1. The largest absolute Gasteiger partial charge is 0.381 e. The second-order valence-electron chi connectivity index (χ2n) is 6.04. The molecule has 4 aromatic rings. The Labute approximate surface area is 141 Å². The third kappa shape index (κ3) is 2.23. The van der Waals surface area contributed by atoms with E-state index in [1.807, 2.05) is 0 Å². The van der Waals surface area contributed by atoms with Crippen molar-refractivity contribution >= 4 is 16.7 Å². The van der Waals surface area contributed by atoms with Crippen molar-refractivity contribution in [1.82, 2.24) is 34.1 Å². The highest BCUT2D eigenvalue weighted by Gasteiger charge is 2.22. The highest BCUT2D eigenvalue weighted by molar-refractivity contribution is 5.79. The van der Waals surface area contributed by atoms with Crippen LogP contribution in [0.15, 0.2) is 35.8 Å². The van der Waals surface area contributed by atoms with Crippen LogP contribution in [-0.2, 0) is 4.74 Å². The number of aromatic nitrogens is 7. The molecular weight excluding hydrogens is 322 g/mol. The summed E-state index contributed by atoms with van der Waals surface area (Å²) in [4.78, 5) is 28.5. The molecule has 0 bridgehead atoms. The number of ether oxygens (including phenoxy) is 1. The van der Waals surface area contributed by atoms with E-state index in [2.05, 4.69) is 25.0 Å². The minimum Gasteiger partial charge on any atom is -0.381 e. The van der Waals surface area contributed by atoms with Gasteiger partial charge < -0.3 is 9.72 Å². The van der Waals surface area contributed by atoms with Crippen LogP contribution in [0.4, 0.5) is 0 Å². The van der Waals surface area contributed by atoms with Gasteiger partial charge in [-0.1, -0.05) is 0 Å². The summed E-state index contributed by atoms with van der Waals surface area (Å²) in [6, 6.07) is 0.0864. The van der Waals surface area contributed by atoms with Crippen LogP contribution >= 0.6 is 0 Å². The Hall–Kier alpha value is -3.07. The number of nitrogens with zero attached hydrogens (tertiary/aromatic N) is 6. The van der Waals surface area contributed by atoms with Gasteiger partial charge in [-0.15, -0.1) is 0 Å². The average Bonchev–Trinajstić information content (AvgIpc) is 3.22. The maximum Gasteiger partial charge on any atom is 0.327 e. The lowest BCUT2D eigenvalue weighted by Crippen LogP contribution is -2.27. The minimum atomic E-state index is -0.158. The zero-order valence-corrected chi connectivity index (χ0v) is 13.3. The van der Waals surface area contributed by atoms with Crippen molar-refractivity contribution in [2.45, 2.75) is 18.9 Å². The lowest BCUT2D eigenvalue weighted by atomic mass is 10.1. The summed E-state index contributed by atoms with van der Waals surface area (Å²) in [7, 11) is 0. The molecular formula is C16H15N7O2. The van der Waals surface area contributed by atoms with Crippen molar-refractivity contribution in [3.63, 3.8) is 0 Å². The molecule has 9 nitrogen and oxygen atoms in total. The molecule has 0 radical (unpaired) electrons. The monoisotopic (exact) mass is 337 g/mol. The van der Waals surface area contributed by atoms with Crippen LogP contribution in [0.25, 0.3) is 28.1 Å². The fourth-order valence-electron chi connectivity index (χ4n) is 3.33. The molecule has 9 heteroatoms. The maximum atomic E-state index is 12.4. The number of hydrogen-bond acceptors (Lipinski definition) is 6. The number of rotatable bonds is 2. The Morgan fingerprint density at radius 3 is 2.96 bits per heavy atom. The quantitative estimate of drug-likeness (QED) is 0.589. The van der Waals surface area contributed by atoms with E-state index < -0.39 is 0 Å². The lowest BCUT2D eigenvalue weighted by molar-refractivity contribution is 0.0697. The SMILES string of the molecule is O=c1[nH]c2cnc(-c3cnn4ccncc34)nc2n1C1CCOCC1. The Balaban J connectivity index is 1.69. The molecule has 0 aromatic carbocycles. The molecule has 1 saturated heterocycles. The predicted octanol–water partition coefficient (Wildman–Crippen LogP) is 1.18. The molecule has 5 rings (SSSR count). The summed E-state index contributed by atoms with van der Waals surface area (Å²) >= 11 is 0. The predicted molar refractivity (Wildman–Crippen MR) is 89.2 cm³/mol. The first kappa shape index (κ1) is 14.3. The van der Waals surface area contributed by atoms with Crippen molar-refractivity contribution in [3.8, 4) is 11.4 Å². The van der Waals surface area contributed by atoms with Crippen LogP contribution in [0.2, 0.25) is 0 Å². The first-order valence-electron chi connectivity index (χ1n) is 8.14. The van der Waals surface area contributed by atoms with Crippen LogP contribution in [0.1, 0.15) is 18.9 Å². The smallest absolute Gasteiger partial charge is 0.327 e. The second-order valence-corrected chi connectivity index (χ2v) is 6.04. The maximum absolute atomic E-state index is 12.4. The van der Waals surface area contributed by atoms with E-state index in [0.717, 1.165) is 23.9 Å². The van der Waals surface area contributed by atoms with Crippen molar-refractivity contribution in [3.05, 3.63) is 41.5 Å². The summed E-state index contributed by atoms with van der Waals surface area (Å²) in [5.41, 5.74) is 2.69. The fraction of sp³-hybridized carbons (Fsp3) is 0.312. The molecule has 1 fully saturated rings. The topological polar surface area (TPSA) is 103 Å². The molecule has 1 aliphatic heterocycles. The molecule has 0 saturated carbocycles. The van der Waals surface area contributed by atoms with Gasteiger partial charge in [0.05, 0.1) is 29.7 Å². The molecule has 0 atom stereocenters. The molecule has 0 amide bonds. The van der Waals surface area contributed by atoms with Crippen LogP contribution in [0.3, 0.4) is 0 Å². The summed E-state index contributed by atoms with van der Waals surface area (Å²) in [5.74, 6) is 0.523. The van der Waals surface area contributed by atoms with E-state index in [4.69, 9.17) is 4.74 Å². The van der Waals surface area contributed by atoms with Crippen molar-refractivity contribution in [2.75, 3.05) is 13.2 Å². The van der Waals surface area contributed by atoms with Gasteiger partial charge in [-0.25, -0.2) is 19.3 Å². The zero-order chi connectivity index (χ0) is 16.8. The van der Waals surface area contributed by atoms with Gasteiger partial charge in [0.2, 0.25) is 0 Å². The summed E-state index contributed by atoms with van der Waals surface area (Å²) in [6.07, 6.45) is 10.1. The number of H-pyrrole nitrogens is 1. The number of nitrogens with one attached hydrogen (secondary N) is 1. The Morgan fingerprint density at radius 2 is 2.08 bits per heavy atom. The minimum absolute atomic E-state index is 0.0864. The van der Waals surface area contributed by atoms with Crippen molar-refractivity contribution < 1.29 is 4.74 Å². The van der Waals surface area contributed by atoms with Gasteiger partial charge in [-0.3, -0.25) is 9.55 Å². The highest BCUT2D eigenvalue weighted by Crippen LogP contribution is 2.25. The first-order chi connectivity index (χ1) is 12.3. The van der Waals surface area contributed by atoms with Crippen LogP contribution in [0.5, 0.6) is 0 Å². The van der Waals surface area contributed by atoms with Gasteiger partial charge in [0, 0.05) is 31.6 Å². The normalized spacial score (nSPS) is 16.0. The average molecular weight is 337 g/mol. The van der Waals surface area contributed by atoms with Crippen molar-refractivity contribution in [1.29, 1.82) is 0 Å². The molecule has 0 unspecified atom stereocenters. The van der Waals surface area contributed by atoms with Gasteiger partial charge in [0.1, 0.15) is 5.52 Å². The molecule has 25 heavy (non-hydrogen) atoms. The lowest BCUT2D eigenvalue weighted by Gasteiger charge is -2.22. The third-order valence-corrected chi connectivity index (χ3v) is 4.58. The zero-order valence-electron chi connectivity index (χ0n) is 13.3. The van der Waals surface area contributed by atoms with E-state index in [1.54, 1.807) is 40.1 Å². The summed E-state index contributed by atoms with van der Waals surface area (Å²) in [5, 5.41) is 4.30. The molecule has 0 spiro atoms. The third-order valence-electron chi connectivity index (χ3n) is 4.58. The van der Waals surface area contributed by atoms with Crippen LogP contribution in [-0.4, -0.2) is 47.3 Å².